The Hall–Kier alpha value is -1.09. The fourth-order valence-corrected chi connectivity index (χ4v) is 2.39. The van der Waals surface area contributed by atoms with E-state index in [-0.39, 0.29) is 0 Å². The molecule has 0 atom stereocenters. The highest BCUT2D eigenvalue weighted by atomic mass is 15.2. The number of nitrogens with two attached hydrogens (primary N) is 1. The van der Waals surface area contributed by atoms with Crippen molar-refractivity contribution >= 4 is 5.82 Å². The average molecular weight is 247 g/mol. The zero-order valence-corrected chi connectivity index (χ0v) is 11.7. The second-order valence-electron chi connectivity index (χ2n) is 5.20. The quantitative estimate of drug-likeness (QED) is 0.805. The van der Waals surface area contributed by atoms with Crippen molar-refractivity contribution in [3.8, 4) is 0 Å². The summed E-state index contributed by atoms with van der Waals surface area (Å²) in [6, 6.07) is 5.05. The molecule has 100 valence electrons. The minimum absolute atomic E-state index is 0.608. The van der Waals surface area contributed by atoms with Crippen molar-refractivity contribution in [2.75, 3.05) is 11.4 Å². The van der Waals surface area contributed by atoms with Crippen LogP contribution in [0.25, 0.3) is 0 Å². The normalized spacial score (nSPS) is 14.8. The Kier molecular flexibility index (Phi) is 4.59. The highest BCUT2D eigenvalue weighted by Crippen LogP contribution is 2.31. The number of hydrogen-bond acceptors (Lipinski definition) is 3. The molecule has 1 aromatic rings. The monoisotopic (exact) mass is 247 g/mol. The molecule has 0 bridgehead atoms. The Morgan fingerprint density at radius 3 is 2.61 bits per heavy atom. The number of rotatable bonds is 7. The van der Waals surface area contributed by atoms with Crippen LogP contribution >= 0.6 is 0 Å². The molecule has 1 saturated carbocycles. The summed E-state index contributed by atoms with van der Waals surface area (Å²) in [5, 5.41) is 0. The third-order valence-corrected chi connectivity index (χ3v) is 3.41. The van der Waals surface area contributed by atoms with Gasteiger partial charge in [0.25, 0.3) is 0 Å². The van der Waals surface area contributed by atoms with Crippen LogP contribution in [0.2, 0.25) is 0 Å². The number of pyridine rings is 1. The van der Waals surface area contributed by atoms with Gasteiger partial charge in [-0.1, -0.05) is 20.3 Å². The van der Waals surface area contributed by atoms with E-state index in [1.807, 2.05) is 0 Å². The van der Waals surface area contributed by atoms with Crippen LogP contribution in [0, 0.1) is 0 Å². The number of aryl methyl sites for hydroxylation is 1. The summed E-state index contributed by atoms with van der Waals surface area (Å²) in [6.07, 6.45) is 5.99. The van der Waals surface area contributed by atoms with E-state index in [9.17, 15) is 0 Å². The predicted molar refractivity (Wildman–Crippen MR) is 76.8 cm³/mol. The maximum atomic E-state index is 5.80. The van der Waals surface area contributed by atoms with E-state index in [0.717, 1.165) is 31.2 Å². The second-order valence-corrected chi connectivity index (χ2v) is 5.20. The van der Waals surface area contributed by atoms with Gasteiger partial charge in [0.2, 0.25) is 0 Å². The molecule has 3 nitrogen and oxygen atoms in total. The molecule has 2 N–H and O–H groups in total. The molecule has 0 amide bonds. The molecule has 0 aliphatic heterocycles. The van der Waals surface area contributed by atoms with Crippen molar-refractivity contribution in [3.63, 3.8) is 0 Å². The molecule has 2 rings (SSSR count). The molecule has 1 heterocycles. The smallest absolute Gasteiger partial charge is 0.129 e. The van der Waals surface area contributed by atoms with Gasteiger partial charge in [-0.25, -0.2) is 4.98 Å². The van der Waals surface area contributed by atoms with Crippen LogP contribution in [0.3, 0.4) is 0 Å². The fraction of sp³-hybridized carbons (Fsp3) is 0.667. The van der Waals surface area contributed by atoms with Crippen LogP contribution in [-0.2, 0) is 13.0 Å². The minimum atomic E-state index is 0.608. The van der Waals surface area contributed by atoms with E-state index in [0.29, 0.717) is 6.54 Å². The van der Waals surface area contributed by atoms with Crippen molar-refractivity contribution in [2.24, 2.45) is 5.73 Å². The SMILES string of the molecule is CCCc1cc(CN)cc(N(CCC)C2CC2)n1. The molecule has 1 aromatic heterocycles. The molecule has 3 heteroatoms. The first-order valence-electron chi connectivity index (χ1n) is 7.25. The zero-order chi connectivity index (χ0) is 13.0. The van der Waals surface area contributed by atoms with Crippen molar-refractivity contribution in [3.05, 3.63) is 23.4 Å². The van der Waals surface area contributed by atoms with Gasteiger partial charge in [0.1, 0.15) is 5.82 Å². The molecular formula is C15H25N3. The Morgan fingerprint density at radius 2 is 2.06 bits per heavy atom. The Bertz CT molecular complexity index is 385. The van der Waals surface area contributed by atoms with Crippen molar-refractivity contribution in [1.29, 1.82) is 0 Å². The first-order chi connectivity index (χ1) is 8.78. The molecule has 0 spiro atoms. The topological polar surface area (TPSA) is 42.1 Å². The molecule has 1 fully saturated rings. The van der Waals surface area contributed by atoms with E-state index in [1.165, 1.54) is 30.5 Å². The van der Waals surface area contributed by atoms with E-state index in [2.05, 4.69) is 30.9 Å². The van der Waals surface area contributed by atoms with Crippen molar-refractivity contribution in [1.82, 2.24) is 4.98 Å². The third-order valence-electron chi connectivity index (χ3n) is 3.41. The van der Waals surface area contributed by atoms with Crippen molar-refractivity contribution < 1.29 is 0 Å². The predicted octanol–water partition coefficient (Wildman–Crippen LogP) is 2.87. The van der Waals surface area contributed by atoms with Crippen LogP contribution in [0.4, 0.5) is 5.82 Å². The van der Waals surface area contributed by atoms with Gasteiger partial charge in [-0.15, -0.1) is 0 Å². The molecule has 0 saturated heterocycles. The lowest BCUT2D eigenvalue weighted by molar-refractivity contribution is 0.742. The number of aromatic nitrogens is 1. The van der Waals surface area contributed by atoms with Crippen LogP contribution < -0.4 is 10.6 Å². The van der Waals surface area contributed by atoms with Crippen LogP contribution in [-0.4, -0.2) is 17.6 Å². The maximum Gasteiger partial charge on any atom is 0.129 e. The molecule has 0 aromatic carbocycles. The number of hydrogen-bond donors (Lipinski definition) is 1. The summed E-state index contributed by atoms with van der Waals surface area (Å²) in [5.41, 5.74) is 8.21. The molecular weight excluding hydrogens is 222 g/mol. The van der Waals surface area contributed by atoms with Gasteiger partial charge in [-0.05, 0) is 43.4 Å². The summed E-state index contributed by atoms with van der Waals surface area (Å²) < 4.78 is 0. The van der Waals surface area contributed by atoms with Gasteiger partial charge in [-0.3, -0.25) is 0 Å². The summed E-state index contributed by atoms with van der Waals surface area (Å²) in [6.45, 7) is 6.14. The molecule has 0 radical (unpaired) electrons. The number of nitrogens with zero attached hydrogens (tertiary/aromatic N) is 2. The highest BCUT2D eigenvalue weighted by Gasteiger charge is 2.29. The maximum absolute atomic E-state index is 5.80. The van der Waals surface area contributed by atoms with Gasteiger partial charge < -0.3 is 10.6 Å². The fourth-order valence-electron chi connectivity index (χ4n) is 2.39. The van der Waals surface area contributed by atoms with E-state index < -0.39 is 0 Å². The second kappa shape index (κ2) is 6.19. The van der Waals surface area contributed by atoms with Gasteiger partial charge in [0.15, 0.2) is 0 Å². The molecule has 18 heavy (non-hydrogen) atoms. The van der Waals surface area contributed by atoms with Gasteiger partial charge in [0.05, 0.1) is 0 Å². The average Bonchev–Trinajstić information content (AvgIpc) is 3.20. The van der Waals surface area contributed by atoms with E-state index in [1.54, 1.807) is 0 Å². The molecule has 1 aliphatic carbocycles. The molecule has 1 aliphatic rings. The Labute approximate surface area is 110 Å². The summed E-state index contributed by atoms with van der Waals surface area (Å²) in [5.74, 6) is 1.14. The standard InChI is InChI=1S/C15H25N3/c1-3-5-13-9-12(11-16)10-15(17-13)18(8-4-2)14-6-7-14/h9-10,14H,3-8,11,16H2,1-2H3. The lowest BCUT2D eigenvalue weighted by Crippen LogP contribution is -2.27. The first-order valence-corrected chi connectivity index (χ1v) is 7.25. The lowest BCUT2D eigenvalue weighted by atomic mass is 10.1. The zero-order valence-electron chi connectivity index (χ0n) is 11.7. The van der Waals surface area contributed by atoms with E-state index >= 15 is 0 Å². The van der Waals surface area contributed by atoms with Gasteiger partial charge in [0, 0.05) is 24.8 Å². The van der Waals surface area contributed by atoms with Gasteiger partial charge in [-0.2, -0.15) is 0 Å². The van der Waals surface area contributed by atoms with Gasteiger partial charge >= 0.3 is 0 Å². The summed E-state index contributed by atoms with van der Waals surface area (Å²) in [4.78, 5) is 7.29. The molecule has 0 unspecified atom stereocenters. The Balaban J connectivity index is 2.25. The largest absolute Gasteiger partial charge is 0.354 e. The lowest BCUT2D eigenvalue weighted by Gasteiger charge is -2.24. The summed E-state index contributed by atoms with van der Waals surface area (Å²) >= 11 is 0. The number of anilines is 1. The highest BCUT2D eigenvalue weighted by molar-refractivity contribution is 5.45. The van der Waals surface area contributed by atoms with Crippen LogP contribution in [0.1, 0.15) is 50.8 Å². The van der Waals surface area contributed by atoms with Crippen LogP contribution in [0.5, 0.6) is 0 Å². The summed E-state index contributed by atoms with van der Waals surface area (Å²) in [7, 11) is 0. The first kappa shape index (κ1) is 13.3. The Morgan fingerprint density at radius 1 is 1.28 bits per heavy atom. The minimum Gasteiger partial charge on any atom is -0.354 e. The third kappa shape index (κ3) is 3.22. The van der Waals surface area contributed by atoms with Crippen LogP contribution in [0.15, 0.2) is 12.1 Å². The van der Waals surface area contributed by atoms with Crippen molar-refractivity contribution in [2.45, 2.75) is 58.5 Å². The van der Waals surface area contributed by atoms with E-state index in [4.69, 9.17) is 10.7 Å².